The summed E-state index contributed by atoms with van der Waals surface area (Å²) >= 11 is 0. The lowest BCUT2D eigenvalue weighted by atomic mass is 10.1. The van der Waals surface area contributed by atoms with Gasteiger partial charge in [0.05, 0.1) is 0 Å². The molecule has 0 fully saturated rings. The zero-order valence-corrected chi connectivity index (χ0v) is 12.7. The lowest BCUT2D eigenvalue weighted by Gasteiger charge is -2.15. The maximum absolute atomic E-state index is 13.2. The Bertz CT molecular complexity index is 613. The van der Waals surface area contributed by atoms with Crippen molar-refractivity contribution in [2.45, 2.75) is 33.6 Å². The number of halogens is 1. The Kier molecular flexibility index (Phi) is 5.09. The molecule has 1 aromatic heterocycles. The van der Waals surface area contributed by atoms with Crippen LogP contribution in [-0.4, -0.2) is 16.5 Å². The fourth-order valence-corrected chi connectivity index (χ4v) is 2.15. The van der Waals surface area contributed by atoms with Crippen LogP contribution < -0.4 is 10.6 Å². The van der Waals surface area contributed by atoms with E-state index in [2.05, 4.69) is 34.4 Å². The van der Waals surface area contributed by atoms with Crippen molar-refractivity contribution in [1.29, 1.82) is 0 Å². The van der Waals surface area contributed by atoms with Gasteiger partial charge in [0.25, 0.3) is 0 Å². The summed E-state index contributed by atoms with van der Waals surface area (Å²) in [6.45, 7) is 6.92. The van der Waals surface area contributed by atoms with Crippen LogP contribution in [0.3, 0.4) is 0 Å². The number of hydrogen-bond donors (Lipinski definition) is 2. The summed E-state index contributed by atoms with van der Waals surface area (Å²) in [5.41, 5.74) is 2.74. The highest BCUT2D eigenvalue weighted by Crippen LogP contribution is 2.26. The Morgan fingerprint density at radius 3 is 2.57 bits per heavy atom. The molecule has 0 spiro atoms. The Morgan fingerprint density at radius 1 is 1.14 bits per heavy atom. The van der Waals surface area contributed by atoms with Gasteiger partial charge >= 0.3 is 0 Å². The first-order valence-corrected chi connectivity index (χ1v) is 7.26. The number of hydrogen-bond acceptors (Lipinski definition) is 4. The third kappa shape index (κ3) is 3.68. The highest BCUT2D eigenvalue weighted by molar-refractivity contribution is 5.66. The van der Waals surface area contributed by atoms with Crippen molar-refractivity contribution in [3.63, 3.8) is 0 Å². The maximum atomic E-state index is 13.2. The van der Waals surface area contributed by atoms with E-state index in [1.165, 1.54) is 12.1 Å². The molecule has 0 aliphatic rings. The van der Waals surface area contributed by atoms with Crippen LogP contribution in [0, 0.1) is 12.7 Å². The number of anilines is 3. The second-order valence-corrected chi connectivity index (χ2v) is 4.91. The molecule has 2 N–H and O–H groups in total. The number of nitrogens with zero attached hydrogens (tertiary/aromatic N) is 2. The lowest BCUT2D eigenvalue weighted by molar-refractivity contribution is 0.627. The molecule has 0 saturated heterocycles. The molecule has 1 aromatic carbocycles. The fraction of sp³-hybridized carbons (Fsp3) is 0.375. The number of nitrogens with one attached hydrogen (secondary N) is 2. The summed E-state index contributed by atoms with van der Waals surface area (Å²) in [6.07, 6.45) is 3.39. The van der Waals surface area contributed by atoms with Crippen LogP contribution in [0.4, 0.5) is 21.7 Å². The van der Waals surface area contributed by atoms with Crippen molar-refractivity contribution in [1.82, 2.24) is 9.97 Å². The molecule has 1 heterocycles. The highest BCUT2D eigenvalue weighted by atomic mass is 19.1. The van der Waals surface area contributed by atoms with Crippen LogP contribution in [0.5, 0.6) is 0 Å². The monoisotopic (exact) mass is 288 g/mol. The topological polar surface area (TPSA) is 49.8 Å². The van der Waals surface area contributed by atoms with Gasteiger partial charge in [0.1, 0.15) is 23.8 Å². The molecule has 0 atom stereocenters. The van der Waals surface area contributed by atoms with E-state index in [0.29, 0.717) is 0 Å². The molecule has 4 nitrogen and oxygen atoms in total. The first kappa shape index (κ1) is 15.2. The van der Waals surface area contributed by atoms with E-state index in [0.717, 1.165) is 47.8 Å². The summed E-state index contributed by atoms with van der Waals surface area (Å²) in [6, 6.07) is 4.68. The first-order chi connectivity index (χ1) is 10.2. The molecule has 0 unspecified atom stereocenters. The van der Waals surface area contributed by atoms with Crippen LogP contribution in [0.2, 0.25) is 0 Å². The van der Waals surface area contributed by atoms with Crippen molar-refractivity contribution in [3.8, 4) is 0 Å². The van der Waals surface area contributed by atoms with Gasteiger partial charge in [-0.3, -0.25) is 0 Å². The zero-order chi connectivity index (χ0) is 15.2. The molecule has 0 aliphatic carbocycles. The van der Waals surface area contributed by atoms with Crippen molar-refractivity contribution in [2.75, 3.05) is 17.2 Å². The van der Waals surface area contributed by atoms with E-state index in [1.54, 1.807) is 12.4 Å². The molecule has 0 bridgehead atoms. The van der Waals surface area contributed by atoms with Crippen LogP contribution >= 0.6 is 0 Å². The molecule has 0 aliphatic heterocycles. The molecule has 21 heavy (non-hydrogen) atoms. The predicted molar refractivity (Wildman–Crippen MR) is 84.6 cm³/mol. The quantitative estimate of drug-likeness (QED) is 0.842. The van der Waals surface area contributed by atoms with Gasteiger partial charge in [-0.15, -0.1) is 0 Å². The summed E-state index contributed by atoms with van der Waals surface area (Å²) in [5.74, 6) is 1.39. The van der Waals surface area contributed by atoms with Crippen LogP contribution in [0.25, 0.3) is 0 Å². The molecule has 2 rings (SSSR count). The van der Waals surface area contributed by atoms with Crippen molar-refractivity contribution in [2.24, 2.45) is 0 Å². The summed E-state index contributed by atoms with van der Waals surface area (Å²) in [5, 5.41) is 6.59. The third-order valence-electron chi connectivity index (χ3n) is 3.28. The van der Waals surface area contributed by atoms with E-state index in [-0.39, 0.29) is 5.82 Å². The molecule has 5 heteroatoms. The summed E-state index contributed by atoms with van der Waals surface area (Å²) < 4.78 is 13.2. The zero-order valence-electron chi connectivity index (χ0n) is 12.7. The van der Waals surface area contributed by atoms with E-state index >= 15 is 0 Å². The van der Waals surface area contributed by atoms with Crippen molar-refractivity contribution < 1.29 is 4.39 Å². The van der Waals surface area contributed by atoms with E-state index in [9.17, 15) is 4.39 Å². The van der Waals surface area contributed by atoms with Crippen LogP contribution in [0.15, 0.2) is 24.5 Å². The lowest BCUT2D eigenvalue weighted by Crippen LogP contribution is -2.09. The average molecular weight is 288 g/mol. The van der Waals surface area contributed by atoms with Crippen LogP contribution in [-0.2, 0) is 6.42 Å². The molecular weight excluding hydrogens is 267 g/mol. The molecule has 0 saturated carbocycles. The minimum Gasteiger partial charge on any atom is -0.370 e. The third-order valence-corrected chi connectivity index (χ3v) is 3.28. The van der Waals surface area contributed by atoms with Gasteiger partial charge in [0.15, 0.2) is 0 Å². The Morgan fingerprint density at radius 2 is 1.90 bits per heavy atom. The van der Waals surface area contributed by atoms with Gasteiger partial charge in [-0.05, 0) is 43.5 Å². The van der Waals surface area contributed by atoms with E-state index in [4.69, 9.17) is 0 Å². The second kappa shape index (κ2) is 7.02. The van der Waals surface area contributed by atoms with Crippen molar-refractivity contribution in [3.05, 3.63) is 41.5 Å². The van der Waals surface area contributed by atoms with E-state index < -0.39 is 0 Å². The Hall–Kier alpha value is -2.17. The smallest absolute Gasteiger partial charge is 0.139 e. The van der Waals surface area contributed by atoms with Crippen LogP contribution in [0.1, 0.15) is 31.4 Å². The predicted octanol–water partition coefficient (Wildman–Crippen LogP) is 4.05. The van der Waals surface area contributed by atoms with Gasteiger partial charge in [0.2, 0.25) is 0 Å². The van der Waals surface area contributed by atoms with Gasteiger partial charge < -0.3 is 10.6 Å². The largest absolute Gasteiger partial charge is 0.370 e. The van der Waals surface area contributed by atoms with Gasteiger partial charge in [-0.25, -0.2) is 14.4 Å². The molecule has 0 radical (unpaired) electrons. The van der Waals surface area contributed by atoms with E-state index in [1.807, 2.05) is 6.92 Å². The summed E-state index contributed by atoms with van der Waals surface area (Å²) in [4.78, 5) is 8.62. The normalized spacial score (nSPS) is 10.5. The molecule has 0 amide bonds. The number of rotatable bonds is 6. The standard InChI is InChI=1S/C16H21FN4/c1-4-8-18-15-13(5-2)16(20-10-19-15)21-14-7-6-12(17)9-11(14)3/h6-7,9-10H,4-5,8H2,1-3H3,(H2,18,19,20,21). The Labute approximate surface area is 124 Å². The minimum absolute atomic E-state index is 0.234. The minimum atomic E-state index is -0.234. The van der Waals surface area contributed by atoms with Gasteiger partial charge in [-0.2, -0.15) is 0 Å². The van der Waals surface area contributed by atoms with Gasteiger partial charge in [0, 0.05) is 17.8 Å². The number of benzene rings is 1. The molecule has 112 valence electrons. The number of aryl methyl sites for hydroxylation is 1. The molecule has 2 aromatic rings. The summed E-state index contributed by atoms with van der Waals surface area (Å²) in [7, 11) is 0. The Balaban J connectivity index is 2.30. The first-order valence-electron chi connectivity index (χ1n) is 7.26. The SMILES string of the molecule is CCCNc1ncnc(Nc2ccc(F)cc2C)c1CC. The van der Waals surface area contributed by atoms with Crippen molar-refractivity contribution >= 4 is 17.3 Å². The second-order valence-electron chi connectivity index (χ2n) is 4.91. The van der Waals surface area contributed by atoms with Gasteiger partial charge in [-0.1, -0.05) is 13.8 Å². The fourth-order valence-electron chi connectivity index (χ4n) is 2.15. The maximum Gasteiger partial charge on any atom is 0.139 e. The number of aromatic nitrogens is 2. The highest BCUT2D eigenvalue weighted by Gasteiger charge is 2.10. The average Bonchev–Trinajstić information content (AvgIpc) is 2.48. The molecular formula is C16H21FN4.